The van der Waals surface area contributed by atoms with Gasteiger partial charge in [0.1, 0.15) is 5.75 Å². The van der Waals surface area contributed by atoms with Crippen molar-refractivity contribution in [2.24, 2.45) is 0 Å². The second kappa shape index (κ2) is 9.58. The number of unbranched alkanes of at least 4 members (excludes halogenated alkanes) is 1. The van der Waals surface area contributed by atoms with Gasteiger partial charge in [0.25, 0.3) is 0 Å². The fraction of sp³-hybridized carbons (Fsp3) is 0.538. The summed E-state index contributed by atoms with van der Waals surface area (Å²) in [6.07, 6.45) is 3.16. The van der Waals surface area contributed by atoms with Crippen LogP contribution in [0.4, 0.5) is 0 Å². The van der Waals surface area contributed by atoms with Gasteiger partial charge in [-0.2, -0.15) is 0 Å². The van der Waals surface area contributed by atoms with E-state index >= 15 is 0 Å². The van der Waals surface area contributed by atoms with Crippen LogP contribution < -0.4 is 10.1 Å². The van der Waals surface area contributed by atoms with E-state index in [1.54, 1.807) is 0 Å². The van der Waals surface area contributed by atoms with E-state index in [0.29, 0.717) is 0 Å². The van der Waals surface area contributed by atoms with Gasteiger partial charge < -0.3 is 10.1 Å². The molecule has 0 amide bonds. The molecule has 2 nitrogen and oxygen atoms in total. The van der Waals surface area contributed by atoms with E-state index in [-0.39, 0.29) is 12.4 Å². The normalized spacial score (nSPS) is 9.82. The Labute approximate surface area is 115 Å². The minimum Gasteiger partial charge on any atom is -0.494 e. The minimum absolute atomic E-state index is 0. The number of nitrogens with one attached hydrogen (secondary N) is 1. The summed E-state index contributed by atoms with van der Waals surface area (Å²) in [6, 6.07) is 5.86. The van der Waals surface area contributed by atoms with Gasteiger partial charge in [0, 0.05) is 5.02 Å². The number of hydrogen-bond donors (Lipinski definition) is 1. The maximum Gasteiger partial charge on any atom is 0.119 e. The second-order valence-electron chi connectivity index (χ2n) is 3.77. The zero-order valence-electron chi connectivity index (χ0n) is 10.5. The third-order valence-electron chi connectivity index (χ3n) is 2.49. The summed E-state index contributed by atoms with van der Waals surface area (Å²) in [5, 5.41) is 3.94. The molecule has 0 bridgehead atoms. The molecular weight excluding hydrogens is 257 g/mol. The third-order valence-corrected chi connectivity index (χ3v) is 2.86. The molecule has 0 heterocycles. The predicted octanol–water partition coefficient (Wildman–Crippen LogP) is 3.70. The van der Waals surface area contributed by atoms with E-state index in [0.717, 1.165) is 48.7 Å². The summed E-state index contributed by atoms with van der Waals surface area (Å²) >= 11 is 6.04. The predicted molar refractivity (Wildman–Crippen MR) is 76.7 cm³/mol. The standard InChI is InChI=1S/C13H20ClNO.ClH/c1-3-11-10-12(6-7-13(11)14)16-9-5-4-8-15-2;/h6-7,10,15H,3-5,8-9H2,1-2H3;1H. The fourth-order valence-electron chi connectivity index (χ4n) is 1.51. The molecule has 0 aliphatic rings. The van der Waals surface area contributed by atoms with E-state index in [2.05, 4.69) is 12.2 Å². The molecule has 0 fully saturated rings. The van der Waals surface area contributed by atoms with Crippen molar-refractivity contribution in [3.8, 4) is 5.75 Å². The van der Waals surface area contributed by atoms with Crippen LogP contribution in [0, 0.1) is 0 Å². The fourth-order valence-corrected chi connectivity index (χ4v) is 1.76. The van der Waals surface area contributed by atoms with Crippen LogP contribution in [0.15, 0.2) is 18.2 Å². The van der Waals surface area contributed by atoms with Crippen LogP contribution in [0.3, 0.4) is 0 Å². The van der Waals surface area contributed by atoms with Gasteiger partial charge in [0.15, 0.2) is 0 Å². The van der Waals surface area contributed by atoms with Gasteiger partial charge in [-0.15, -0.1) is 12.4 Å². The Hall–Kier alpha value is -0.440. The Morgan fingerprint density at radius 3 is 2.71 bits per heavy atom. The summed E-state index contributed by atoms with van der Waals surface area (Å²) in [5.74, 6) is 0.922. The highest BCUT2D eigenvalue weighted by atomic mass is 35.5. The molecule has 0 aromatic heterocycles. The number of benzene rings is 1. The van der Waals surface area contributed by atoms with Crippen molar-refractivity contribution in [1.29, 1.82) is 0 Å². The molecule has 0 radical (unpaired) electrons. The highest BCUT2D eigenvalue weighted by Crippen LogP contribution is 2.22. The van der Waals surface area contributed by atoms with Gasteiger partial charge in [0.2, 0.25) is 0 Å². The minimum atomic E-state index is 0. The molecule has 0 atom stereocenters. The average molecular weight is 278 g/mol. The molecular formula is C13H21Cl2NO. The summed E-state index contributed by atoms with van der Waals surface area (Å²) in [4.78, 5) is 0. The highest BCUT2D eigenvalue weighted by molar-refractivity contribution is 6.31. The molecule has 0 aliphatic carbocycles. The van der Waals surface area contributed by atoms with Gasteiger partial charge in [-0.3, -0.25) is 0 Å². The van der Waals surface area contributed by atoms with Crippen LogP contribution >= 0.6 is 24.0 Å². The van der Waals surface area contributed by atoms with E-state index in [1.807, 2.05) is 25.2 Å². The SMILES string of the molecule is CCc1cc(OCCCCNC)ccc1Cl.Cl. The molecule has 98 valence electrons. The molecule has 1 N–H and O–H groups in total. The van der Waals surface area contributed by atoms with Gasteiger partial charge in [0.05, 0.1) is 6.61 Å². The van der Waals surface area contributed by atoms with E-state index in [4.69, 9.17) is 16.3 Å². The van der Waals surface area contributed by atoms with Crippen LogP contribution in [0.5, 0.6) is 5.75 Å². The van der Waals surface area contributed by atoms with Gasteiger partial charge in [-0.25, -0.2) is 0 Å². The van der Waals surface area contributed by atoms with Crippen LogP contribution in [0.1, 0.15) is 25.3 Å². The van der Waals surface area contributed by atoms with E-state index < -0.39 is 0 Å². The summed E-state index contributed by atoms with van der Waals surface area (Å²) in [5.41, 5.74) is 1.15. The molecule has 0 spiro atoms. The zero-order valence-corrected chi connectivity index (χ0v) is 12.0. The monoisotopic (exact) mass is 277 g/mol. The average Bonchev–Trinajstić information content (AvgIpc) is 2.31. The Morgan fingerprint density at radius 1 is 1.29 bits per heavy atom. The molecule has 0 aliphatic heterocycles. The van der Waals surface area contributed by atoms with Crippen molar-refractivity contribution >= 4 is 24.0 Å². The van der Waals surface area contributed by atoms with Crippen molar-refractivity contribution in [2.75, 3.05) is 20.2 Å². The topological polar surface area (TPSA) is 21.3 Å². The summed E-state index contributed by atoms with van der Waals surface area (Å²) in [6.45, 7) is 3.91. The Morgan fingerprint density at radius 2 is 2.06 bits per heavy atom. The molecule has 4 heteroatoms. The lowest BCUT2D eigenvalue weighted by atomic mass is 10.1. The number of halogens is 2. The zero-order chi connectivity index (χ0) is 11.8. The van der Waals surface area contributed by atoms with Crippen molar-refractivity contribution < 1.29 is 4.74 Å². The Kier molecular flexibility index (Phi) is 9.33. The van der Waals surface area contributed by atoms with Gasteiger partial charge >= 0.3 is 0 Å². The lowest BCUT2D eigenvalue weighted by molar-refractivity contribution is 0.306. The van der Waals surface area contributed by atoms with Gasteiger partial charge in [-0.1, -0.05) is 18.5 Å². The largest absolute Gasteiger partial charge is 0.494 e. The molecule has 1 aromatic rings. The first-order valence-electron chi connectivity index (χ1n) is 5.83. The van der Waals surface area contributed by atoms with E-state index in [9.17, 15) is 0 Å². The van der Waals surface area contributed by atoms with Crippen molar-refractivity contribution in [3.05, 3.63) is 28.8 Å². The van der Waals surface area contributed by atoms with Gasteiger partial charge in [-0.05, 0) is 56.6 Å². The first-order chi connectivity index (χ1) is 7.77. The Bertz CT molecular complexity index is 318. The van der Waals surface area contributed by atoms with Crippen LogP contribution in [0.25, 0.3) is 0 Å². The lowest BCUT2D eigenvalue weighted by Crippen LogP contribution is -2.09. The van der Waals surface area contributed by atoms with Crippen molar-refractivity contribution in [1.82, 2.24) is 5.32 Å². The number of rotatable bonds is 7. The first-order valence-corrected chi connectivity index (χ1v) is 6.21. The molecule has 0 unspecified atom stereocenters. The maximum atomic E-state index is 6.04. The lowest BCUT2D eigenvalue weighted by Gasteiger charge is -2.08. The maximum absolute atomic E-state index is 6.04. The molecule has 0 saturated heterocycles. The van der Waals surface area contributed by atoms with Crippen molar-refractivity contribution in [3.63, 3.8) is 0 Å². The van der Waals surface area contributed by atoms with Crippen LogP contribution in [0.2, 0.25) is 5.02 Å². The van der Waals surface area contributed by atoms with E-state index in [1.165, 1.54) is 0 Å². The van der Waals surface area contributed by atoms with Crippen LogP contribution in [-0.4, -0.2) is 20.2 Å². The molecule has 1 aromatic carbocycles. The number of ether oxygens (including phenoxy) is 1. The van der Waals surface area contributed by atoms with Crippen LogP contribution in [-0.2, 0) is 6.42 Å². The Balaban J connectivity index is 0.00000256. The third kappa shape index (κ3) is 6.16. The smallest absolute Gasteiger partial charge is 0.119 e. The quantitative estimate of drug-likeness (QED) is 0.768. The number of hydrogen-bond acceptors (Lipinski definition) is 2. The molecule has 1 rings (SSSR count). The molecule has 17 heavy (non-hydrogen) atoms. The van der Waals surface area contributed by atoms with Crippen molar-refractivity contribution in [2.45, 2.75) is 26.2 Å². The highest BCUT2D eigenvalue weighted by Gasteiger charge is 2.00. The second-order valence-corrected chi connectivity index (χ2v) is 4.17. The first kappa shape index (κ1) is 16.6. The summed E-state index contributed by atoms with van der Waals surface area (Å²) in [7, 11) is 1.97. The molecule has 0 saturated carbocycles. The number of aryl methyl sites for hydroxylation is 1. The summed E-state index contributed by atoms with van der Waals surface area (Å²) < 4.78 is 5.66.